The van der Waals surface area contributed by atoms with Gasteiger partial charge in [-0.2, -0.15) is 0 Å². The molecular formula is C31H58NPTi. The molecule has 0 saturated carbocycles. The summed E-state index contributed by atoms with van der Waals surface area (Å²) in [6.07, 6.45) is 21.2. The van der Waals surface area contributed by atoms with Gasteiger partial charge in [-0.15, -0.1) is 0 Å². The third-order valence-corrected chi connectivity index (χ3v) is 13.5. The van der Waals surface area contributed by atoms with Crippen molar-refractivity contribution in [2.75, 3.05) is 0 Å². The summed E-state index contributed by atoms with van der Waals surface area (Å²) in [7, 11) is -1.69. The largest absolute Gasteiger partial charge is 0.270 e. The molecule has 0 aromatic heterocycles. The maximum Gasteiger partial charge on any atom is 0.0425 e. The van der Waals surface area contributed by atoms with Crippen LogP contribution in [0.3, 0.4) is 0 Å². The zero-order valence-electron chi connectivity index (χ0n) is 25.0. The summed E-state index contributed by atoms with van der Waals surface area (Å²) >= 11 is 0. The van der Waals surface area contributed by atoms with E-state index >= 15 is 0 Å². The molecule has 0 aliphatic heterocycles. The van der Waals surface area contributed by atoms with E-state index in [1.807, 2.05) is 6.08 Å². The van der Waals surface area contributed by atoms with Crippen molar-refractivity contribution in [1.82, 2.24) is 0 Å². The fraction of sp³-hybridized carbons (Fsp3) is 0.742. The van der Waals surface area contributed by atoms with Crippen LogP contribution >= 0.6 is 7.05 Å². The Morgan fingerprint density at radius 3 is 1.47 bits per heavy atom. The van der Waals surface area contributed by atoms with E-state index in [9.17, 15) is 0 Å². The Kier molecular flexibility index (Phi) is 16.1. The van der Waals surface area contributed by atoms with Crippen molar-refractivity contribution in [3.63, 3.8) is 0 Å². The van der Waals surface area contributed by atoms with Crippen LogP contribution in [0.4, 0.5) is 0 Å². The van der Waals surface area contributed by atoms with Crippen LogP contribution in [0.5, 0.6) is 0 Å². The van der Waals surface area contributed by atoms with E-state index < -0.39 is 7.05 Å². The molecule has 0 radical (unpaired) electrons. The standard InChI is InChI=1S/C23H44NP.C8H14.Ti/c1-10-17-21(4,5)25(22(6,7)18-11-2,23(8,9)19-12-3)24-20-15-13-14-16-20;1-5-6-7-8(2,3)4;/h13-15H,10-12,16-19H2,1-9H3;5-7H,1H2,2-4H3;. The number of hydrogen-bond acceptors (Lipinski definition) is 1. The van der Waals surface area contributed by atoms with Crippen LogP contribution in [-0.4, -0.2) is 15.5 Å². The topological polar surface area (TPSA) is 12.4 Å². The predicted molar refractivity (Wildman–Crippen MR) is 157 cm³/mol. The molecule has 34 heavy (non-hydrogen) atoms. The Hall–Kier alpha value is -0.0957. The van der Waals surface area contributed by atoms with Crippen molar-refractivity contribution in [1.29, 1.82) is 0 Å². The van der Waals surface area contributed by atoms with Crippen molar-refractivity contribution >= 4 is 7.05 Å². The van der Waals surface area contributed by atoms with Crippen molar-refractivity contribution in [2.24, 2.45) is 10.2 Å². The number of rotatable bonds is 11. The van der Waals surface area contributed by atoms with E-state index in [-0.39, 0.29) is 37.2 Å². The fourth-order valence-corrected chi connectivity index (χ4v) is 14.1. The minimum absolute atomic E-state index is 0. The molecule has 0 fully saturated rings. The molecule has 0 aromatic carbocycles. The molecule has 0 spiro atoms. The molecule has 1 nitrogen and oxygen atoms in total. The van der Waals surface area contributed by atoms with Crippen molar-refractivity contribution in [3.05, 3.63) is 48.7 Å². The Balaban J connectivity index is 0. The minimum atomic E-state index is -1.69. The average molecular weight is 524 g/mol. The molecule has 3 heteroatoms. The van der Waals surface area contributed by atoms with Gasteiger partial charge >= 0.3 is 0 Å². The van der Waals surface area contributed by atoms with Crippen LogP contribution in [0, 0.1) is 5.41 Å². The molecule has 0 bridgehead atoms. The zero-order chi connectivity index (χ0) is 26.0. The number of hydrogen-bond donors (Lipinski definition) is 0. The van der Waals surface area contributed by atoms with Crippen LogP contribution in [0.2, 0.25) is 0 Å². The molecule has 0 saturated heterocycles. The van der Waals surface area contributed by atoms with E-state index in [0.29, 0.717) is 5.41 Å². The second-order valence-electron chi connectivity index (χ2n) is 12.7. The Bertz CT molecular complexity index is 690. The van der Waals surface area contributed by atoms with Gasteiger partial charge in [0.2, 0.25) is 0 Å². The Labute approximate surface area is 230 Å². The fourth-order valence-electron chi connectivity index (χ4n) is 6.24. The predicted octanol–water partition coefficient (Wildman–Crippen LogP) is 11.5. The van der Waals surface area contributed by atoms with Gasteiger partial charge in [-0.25, -0.2) is 0 Å². The smallest absolute Gasteiger partial charge is 0.0425 e. The van der Waals surface area contributed by atoms with Crippen LogP contribution in [0.1, 0.15) is 128 Å². The molecule has 0 atom stereocenters. The molecule has 1 rings (SSSR count). The quantitative estimate of drug-likeness (QED) is 0.145. The monoisotopic (exact) mass is 523 g/mol. The van der Waals surface area contributed by atoms with Gasteiger partial charge in [0, 0.05) is 49.3 Å². The van der Waals surface area contributed by atoms with E-state index in [0.717, 1.165) is 6.42 Å². The van der Waals surface area contributed by atoms with Crippen molar-refractivity contribution in [2.45, 2.75) is 143 Å². The number of nitrogens with zero attached hydrogens (tertiary/aromatic N) is 1. The molecular weight excluding hydrogens is 465 g/mol. The molecule has 196 valence electrons. The Morgan fingerprint density at radius 2 is 1.24 bits per heavy atom. The first kappa shape index (κ1) is 36.1. The second-order valence-corrected chi connectivity index (χ2v) is 17.8. The maximum absolute atomic E-state index is 5.79. The van der Waals surface area contributed by atoms with Crippen LogP contribution in [-0.2, 0) is 21.7 Å². The Morgan fingerprint density at radius 1 is 0.824 bits per heavy atom. The number of allylic oxidation sites excluding steroid dienone is 6. The summed E-state index contributed by atoms with van der Waals surface area (Å²) in [5.41, 5.74) is 1.62. The first-order valence-corrected chi connectivity index (χ1v) is 15.1. The van der Waals surface area contributed by atoms with Gasteiger partial charge in [-0.3, -0.25) is 4.74 Å². The molecule has 0 amide bonds. The van der Waals surface area contributed by atoms with Gasteiger partial charge in [-0.05, 0) is 37.8 Å². The molecule has 1 aliphatic rings. The van der Waals surface area contributed by atoms with Gasteiger partial charge in [-0.1, -0.05) is 139 Å². The first-order valence-electron chi connectivity index (χ1n) is 13.4. The molecule has 0 heterocycles. The summed E-state index contributed by atoms with van der Waals surface area (Å²) in [6, 6.07) is 0. The molecule has 1 aliphatic carbocycles. The van der Waals surface area contributed by atoms with Gasteiger partial charge in [0.05, 0.1) is 0 Å². The second kappa shape index (κ2) is 15.2. The van der Waals surface area contributed by atoms with Crippen LogP contribution in [0.15, 0.2) is 53.5 Å². The SMILES string of the molecule is C=CC=CC(C)(C)C.CCCC(C)(C)P(=NC1=CC=CC1)(C(C)(C)CCC)C(C)(C)CCC.[Ti]. The summed E-state index contributed by atoms with van der Waals surface area (Å²) in [6.45, 7) is 32.3. The van der Waals surface area contributed by atoms with E-state index in [4.69, 9.17) is 4.74 Å². The maximum atomic E-state index is 5.79. The average Bonchev–Trinajstić information content (AvgIpc) is 3.16. The van der Waals surface area contributed by atoms with Crippen LogP contribution < -0.4 is 0 Å². The summed E-state index contributed by atoms with van der Waals surface area (Å²) in [5, 5.41) is 0.799. The zero-order valence-corrected chi connectivity index (χ0v) is 27.5. The summed E-state index contributed by atoms with van der Waals surface area (Å²) < 4.78 is 5.79. The van der Waals surface area contributed by atoms with Gasteiger partial charge < -0.3 is 0 Å². The molecule has 0 aromatic rings. The van der Waals surface area contributed by atoms with Crippen molar-refractivity contribution < 1.29 is 21.7 Å². The third kappa shape index (κ3) is 9.75. The normalized spacial score (nSPS) is 14.9. The van der Waals surface area contributed by atoms with E-state index in [1.54, 1.807) is 6.08 Å². The summed E-state index contributed by atoms with van der Waals surface area (Å²) in [4.78, 5) is 0. The van der Waals surface area contributed by atoms with Crippen LogP contribution in [0.25, 0.3) is 0 Å². The van der Waals surface area contributed by atoms with Gasteiger partial charge in [0.25, 0.3) is 0 Å². The van der Waals surface area contributed by atoms with E-state index in [1.165, 1.54) is 44.2 Å². The van der Waals surface area contributed by atoms with Gasteiger partial charge in [0.1, 0.15) is 0 Å². The van der Waals surface area contributed by atoms with Gasteiger partial charge in [0.15, 0.2) is 0 Å². The molecule has 0 N–H and O–H groups in total. The first-order chi connectivity index (χ1) is 15.1. The summed E-state index contributed by atoms with van der Waals surface area (Å²) in [5.74, 6) is 0. The molecule has 0 unspecified atom stereocenters. The third-order valence-electron chi connectivity index (χ3n) is 6.98. The van der Waals surface area contributed by atoms with Crippen molar-refractivity contribution in [3.8, 4) is 0 Å². The van der Waals surface area contributed by atoms with E-state index in [2.05, 4.69) is 114 Å². The minimum Gasteiger partial charge on any atom is -0.270 e.